The number of hydrogen-bond donors (Lipinski definition) is 0. The number of nitrogens with zero attached hydrogens (tertiary/aromatic N) is 4. The Morgan fingerprint density at radius 1 is 1.12 bits per heavy atom. The number of halogens is 1. The molecule has 2 aliphatic rings. The van der Waals surface area contributed by atoms with E-state index in [1.807, 2.05) is 11.8 Å². The summed E-state index contributed by atoms with van der Waals surface area (Å²) in [4.78, 5) is 21.5. The summed E-state index contributed by atoms with van der Waals surface area (Å²) in [5.74, 6) is 0.860. The number of aromatic nitrogens is 2. The van der Waals surface area contributed by atoms with E-state index in [1.54, 1.807) is 12.1 Å². The van der Waals surface area contributed by atoms with Crippen LogP contribution in [0.5, 0.6) is 0 Å². The van der Waals surface area contributed by atoms with Crippen LogP contribution < -0.4 is 0 Å². The molecule has 132 valence electrons. The molecule has 1 saturated heterocycles. The summed E-state index contributed by atoms with van der Waals surface area (Å²) in [5, 5.41) is 0. The molecule has 25 heavy (non-hydrogen) atoms. The quantitative estimate of drug-likeness (QED) is 0.860. The normalized spacial score (nSPS) is 17.8. The first-order valence-electron chi connectivity index (χ1n) is 8.94. The number of amides is 1. The van der Waals surface area contributed by atoms with Gasteiger partial charge in [0.15, 0.2) is 0 Å². The van der Waals surface area contributed by atoms with E-state index in [1.165, 1.54) is 25.0 Å². The highest BCUT2D eigenvalue weighted by atomic mass is 19.1. The summed E-state index contributed by atoms with van der Waals surface area (Å²) < 4.78 is 15.3. The van der Waals surface area contributed by atoms with Crippen LogP contribution in [-0.2, 0) is 17.9 Å². The fraction of sp³-hybridized carbons (Fsp3) is 0.474. The molecule has 0 radical (unpaired) electrons. The molecule has 2 aliphatic heterocycles. The van der Waals surface area contributed by atoms with Crippen molar-refractivity contribution in [2.75, 3.05) is 26.2 Å². The molecular formula is C19H23FN4O. The van der Waals surface area contributed by atoms with Gasteiger partial charge in [-0.2, -0.15) is 0 Å². The Morgan fingerprint density at radius 3 is 2.56 bits per heavy atom. The first kappa shape index (κ1) is 16.3. The molecule has 4 rings (SSSR count). The molecule has 0 unspecified atom stereocenters. The number of likely N-dealkylation sites (tertiary alicyclic amines) is 1. The standard InChI is InChI=1S/C19H23FN4O/c1-14-19(15-4-6-16(20)7-5-15)21-17-12-23(10-11-24(14)17)18(25)13-22-8-2-3-9-22/h4-7H,2-3,8-13H2,1H3. The van der Waals surface area contributed by atoms with Gasteiger partial charge in [-0.25, -0.2) is 9.37 Å². The molecule has 1 aromatic heterocycles. The van der Waals surface area contributed by atoms with Crippen LogP contribution in [0, 0.1) is 12.7 Å². The van der Waals surface area contributed by atoms with Crippen molar-refractivity contribution in [1.82, 2.24) is 19.4 Å². The lowest BCUT2D eigenvalue weighted by molar-refractivity contribution is -0.133. The van der Waals surface area contributed by atoms with E-state index in [9.17, 15) is 9.18 Å². The summed E-state index contributed by atoms with van der Waals surface area (Å²) in [7, 11) is 0. The minimum absolute atomic E-state index is 0.192. The minimum Gasteiger partial charge on any atom is -0.332 e. The Labute approximate surface area is 147 Å². The lowest BCUT2D eigenvalue weighted by atomic mass is 10.1. The van der Waals surface area contributed by atoms with Crippen molar-refractivity contribution in [2.45, 2.75) is 32.9 Å². The summed E-state index contributed by atoms with van der Waals surface area (Å²) >= 11 is 0. The SMILES string of the molecule is Cc1c(-c2ccc(F)cc2)nc2n1CCN(C(=O)CN1CCCC1)C2. The topological polar surface area (TPSA) is 41.4 Å². The summed E-state index contributed by atoms with van der Waals surface area (Å²) in [6.07, 6.45) is 2.38. The van der Waals surface area contributed by atoms with Crippen molar-refractivity contribution in [3.63, 3.8) is 0 Å². The second-order valence-corrected chi connectivity index (χ2v) is 6.92. The Morgan fingerprint density at radius 2 is 1.84 bits per heavy atom. The van der Waals surface area contributed by atoms with Crippen molar-refractivity contribution < 1.29 is 9.18 Å². The van der Waals surface area contributed by atoms with Crippen LogP contribution >= 0.6 is 0 Å². The van der Waals surface area contributed by atoms with Crippen LogP contribution in [0.3, 0.4) is 0 Å². The van der Waals surface area contributed by atoms with E-state index in [0.29, 0.717) is 13.1 Å². The molecule has 1 aromatic carbocycles. The highest BCUT2D eigenvalue weighted by molar-refractivity contribution is 5.78. The number of carbonyl (C=O) groups is 1. The molecule has 0 atom stereocenters. The van der Waals surface area contributed by atoms with Crippen molar-refractivity contribution >= 4 is 5.91 Å². The molecule has 1 fully saturated rings. The predicted molar refractivity (Wildman–Crippen MR) is 93.4 cm³/mol. The summed E-state index contributed by atoms with van der Waals surface area (Å²) in [6.45, 7) is 6.65. The second kappa shape index (κ2) is 6.59. The molecule has 6 heteroatoms. The Bertz CT molecular complexity index is 777. The number of benzene rings is 1. The highest BCUT2D eigenvalue weighted by Crippen LogP contribution is 2.26. The van der Waals surface area contributed by atoms with Crippen LogP contribution in [-0.4, -0.2) is 51.4 Å². The Hall–Kier alpha value is -2.21. The van der Waals surface area contributed by atoms with Gasteiger partial charge in [-0.15, -0.1) is 0 Å². The van der Waals surface area contributed by atoms with Crippen LogP contribution in [0.15, 0.2) is 24.3 Å². The third-order valence-electron chi connectivity index (χ3n) is 5.25. The molecular weight excluding hydrogens is 319 g/mol. The van der Waals surface area contributed by atoms with Crippen LogP contribution in [0.4, 0.5) is 4.39 Å². The molecule has 1 amide bonds. The van der Waals surface area contributed by atoms with Gasteiger partial charge in [-0.1, -0.05) is 0 Å². The Balaban J connectivity index is 1.52. The maximum absolute atomic E-state index is 13.2. The van der Waals surface area contributed by atoms with Crippen LogP contribution in [0.25, 0.3) is 11.3 Å². The third-order valence-corrected chi connectivity index (χ3v) is 5.25. The number of rotatable bonds is 3. The summed E-state index contributed by atoms with van der Waals surface area (Å²) in [6, 6.07) is 6.43. The molecule has 2 aromatic rings. The molecule has 0 aliphatic carbocycles. The van der Waals surface area contributed by atoms with Gasteiger partial charge in [0.2, 0.25) is 5.91 Å². The van der Waals surface area contributed by atoms with Gasteiger partial charge in [0.05, 0.1) is 18.8 Å². The lowest BCUT2D eigenvalue weighted by Crippen LogP contribution is -2.43. The van der Waals surface area contributed by atoms with E-state index in [4.69, 9.17) is 4.98 Å². The van der Waals surface area contributed by atoms with E-state index < -0.39 is 0 Å². The van der Waals surface area contributed by atoms with Crippen molar-refractivity contribution in [3.05, 3.63) is 41.6 Å². The highest BCUT2D eigenvalue weighted by Gasteiger charge is 2.26. The molecule has 5 nitrogen and oxygen atoms in total. The zero-order chi connectivity index (χ0) is 17.4. The molecule has 0 N–H and O–H groups in total. The number of imidazole rings is 1. The zero-order valence-electron chi connectivity index (χ0n) is 14.5. The average molecular weight is 342 g/mol. The number of hydrogen-bond acceptors (Lipinski definition) is 3. The third kappa shape index (κ3) is 3.18. The first-order chi connectivity index (χ1) is 12.1. The smallest absolute Gasteiger partial charge is 0.237 e. The number of carbonyl (C=O) groups excluding carboxylic acids is 1. The maximum Gasteiger partial charge on any atom is 0.237 e. The van der Waals surface area contributed by atoms with Gasteiger partial charge >= 0.3 is 0 Å². The molecule has 0 saturated carbocycles. The van der Waals surface area contributed by atoms with Gasteiger partial charge in [0, 0.05) is 24.3 Å². The fourth-order valence-electron chi connectivity index (χ4n) is 3.81. The van der Waals surface area contributed by atoms with Crippen molar-refractivity contribution in [2.24, 2.45) is 0 Å². The van der Waals surface area contributed by atoms with Gasteiger partial charge in [0.1, 0.15) is 11.6 Å². The average Bonchev–Trinajstić information content (AvgIpc) is 3.23. The second-order valence-electron chi connectivity index (χ2n) is 6.92. The van der Waals surface area contributed by atoms with E-state index >= 15 is 0 Å². The molecule has 0 bridgehead atoms. The van der Waals surface area contributed by atoms with Crippen LogP contribution in [0.2, 0.25) is 0 Å². The number of fused-ring (bicyclic) bond motifs is 1. The zero-order valence-corrected chi connectivity index (χ0v) is 14.5. The van der Waals surface area contributed by atoms with Gasteiger partial charge in [0.25, 0.3) is 0 Å². The largest absolute Gasteiger partial charge is 0.332 e. The first-order valence-corrected chi connectivity index (χ1v) is 8.94. The van der Waals surface area contributed by atoms with Gasteiger partial charge < -0.3 is 9.47 Å². The van der Waals surface area contributed by atoms with Gasteiger partial charge in [-0.3, -0.25) is 9.69 Å². The Kier molecular flexibility index (Phi) is 4.29. The molecule has 3 heterocycles. The fourth-order valence-corrected chi connectivity index (χ4v) is 3.81. The van der Waals surface area contributed by atoms with E-state index in [0.717, 1.165) is 49.0 Å². The van der Waals surface area contributed by atoms with Gasteiger partial charge in [-0.05, 0) is 57.1 Å². The van der Waals surface area contributed by atoms with Crippen molar-refractivity contribution in [3.8, 4) is 11.3 Å². The predicted octanol–water partition coefficient (Wildman–Crippen LogP) is 2.44. The maximum atomic E-state index is 13.2. The van der Waals surface area contributed by atoms with Crippen molar-refractivity contribution in [1.29, 1.82) is 0 Å². The summed E-state index contributed by atoms with van der Waals surface area (Å²) in [5.41, 5.74) is 2.87. The minimum atomic E-state index is -0.246. The molecule has 0 spiro atoms. The lowest BCUT2D eigenvalue weighted by Gasteiger charge is -2.29. The monoisotopic (exact) mass is 342 g/mol. The van der Waals surface area contributed by atoms with E-state index in [-0.39, 0.29) is 11.7 Å². The van der Waals surface area contributed by atoms with E-state index in [2.05, 4.69) is 9.47 Å². The van der Waals surface area contributed by atoms with Crippen LogP contribution in [0.1, 0.15) is 24.4 Å².